The van der Waals surface area contributed by atoms with Gasteiger partial charge in [-0.3, -0.25) is 4.90 Å². The molecule has 36 heavy (non-hydrogen) atoms. The fraction of sp³-hybridized carbons (Fsp3) is 0.600. The molecule has 0 spiro atoms. The first-order valence-electron chi connectivity index (χ1n) is 12.7. The number of likely N-dealkylation sites (tertiary alicyclic amines) is 1. The van der Waals surface area contributed by atoms with Crippen molar-refractivity contribution in [1.29, 1.82) is 0 Å². The quantitative estimate of drug-likeness (QED) is 0.300. The number of carboxylic acid groups (broad SMARTS) is 1. The maximum Gasteiger partial charge on any atom is 1.00 e. The third kappa shape index (κ3) is 7.68. The van der Waals surface area contributed by atoms with Crippen LogP contribution in [0.1, 0.15) is 68.6 Å². The Kier molecular flexibility index (Phi) is 11.0. The number of nitrogens with zero attached hydrogens (tertiary/aromatic N) is 4. The minimum Gasteiger partial charge on any atom is -0.545 e. The molecule has 2 aliphatic rings. The van der Waals surface area contributed by atoms with E-state index in [0.717, 1.165) is 38.9 Å². The van der Waals surface area contributed by atoms with E-state index < -0.39 is 5.97 Å². The summed E-state index contributed by atoms with van der Waals surface area (Å²) in [6, 6.07) is 5.55. The largest absolute Gasteiger partial charge is 1.00 e. The molecule has 1 saturated heterocycles. The van der Waals surface area contributed by atoms with E-state index in [4.69, 9.17) is 4.74 Å². The van der Waals surface area contributed by atoms with Crippen molar-refractivity contribution in [2.24, 2.45) is 0 Å². The van der Waals surface area contributed by atoms with Crippen molar-refractivity contribution in [2.75, 3.05) is 42.7 Å². The van der Waals surface area contributed by atoms with Gasteiger partial charge in [0.15, 0.2) is 0 Å². The van der Waals surface area contributed by atoms with Gasteiger partial charge in [0.1, 0.15) is 5.75 Å². The van der Waals surface area contributed by atoms with Crippen molar-refractivity contribution >= 4 is 29.5 Å². The predicted molar refractivity (Wildman–Crippen MR) is 134 cm³/mol. The van der Waals surface area contributed by atoms with E-state index in [-0.39, 0.29) is 40.9 Å². The van der Waals surface area contributed by atoms with Gasteiger partial charge in [0.2, 0.25) is 17.8 Å². The maximum absolute atomic E-state index is 11.5. The fourth-order valence-corrected chi connectivity index (χ4v) is 5.01. The van der Waals surface area contributed by atoms with Gasteiger partial charge in [0.25, 0.3) is 0 Å². The molecular weight excluding hydrogens is 469 g/mol. The zero-order chi connectivity index (χ0) is 24.6. The van der Waals surface area contributed by atoms with Crippen LogP contribution in [0.3, 0.4) is 0 Å². The fourth-order valence-electron chi connectivity index (χ4n) is 5.01. The molecule has 4 rings (SSSR count). The summed E-state index contributed by atoms with van der Waals surface area (Å²) in [5, 5.41) is 21.6. The minimum absolute atomic E-state index is 0. The van der Waals surface area contributed by atoms with Crippen LogP contribution >= 0.6 is 0 Å². The first-order valence-corrected chi connectivity index (χ1v) is 12.7. The molecular formula is C25H36N7NaO3. The molecule has 11 heteroatoms. The van der Waals surface area contributed by atoms with Gasteiger partial charge >= 0.3 is 29.6 Å². The molecule has 1 atom stereocenters. The number of carbonyl (C=O) groups is 1. The summed E-state index contributed by atoms with van der Waals surface area (Å²) >= 11 is 0. The Labute approximate surface area is 235 Å². The first kappa shape index (κ1) is 28.4. The molecule has 3 N–H and O–H groups in total. The summed E-state index contributed by atoms with van der Waals surface area (Å²) in [6.45, 7) is 5.11. The number of benzene rings is 1. The topological polar surface area (TPSA) is 127 Å². The van der Waals surface area contributed by atoms with Gasteiger partial charge in [0.05, 0.1) is 13.1 Å². The second-order valence-electron chi connectivity index (χ2n) is 9.27. The Morgan fingerprint density at radius 1 is 1.06 bits per heavy atom. The van der Waals surface area contributed by atoms with Gasteiger partial charge in [-0.05, 0) is 57.0 Å². The monoisotopic (exact) mass is 505 g/mol. The van der Waals surface area contributed by atoms with Crippen LogP contribution in [0.15, 0.2) is 18.2 Å². The number of hydrogen-bond donors (Lipinski definition) is 3. The zero-order valence-electron chi connectivity index (χ0n) is 21.7. The number of methoxy groups -OCH3 is 1. The number of ether oxygens (including phenoxy) is 1. The summed E-state index contributed by atoms with van der Waals surface area (Å²) in [4.78, 5) is 27.8. The first-order chi connectivity index (χ1) is 17.1. The summed E-state index contributed by atoms with van der Waals surface area (Å²) in [7, 11) is 1.42. The molecule has 1 aliphatic heterocycles. The number of anilines is 4. The Balaban J connectivity index is 0.00000361. The standard InChI is InChI=1S/C25H37N7O3.Na/c1-3-32-14-8-11-19(32)16-26-23-29-24(27-17-9-6-4-5-7-10-17)31-25(30-23)28-18-12-13-21(35-2)20(15-18)22(33)34;/h12-13,15,17,19H,3-11,14,16H2,1-2H3,(H,33,34)(H3,26,27,28,29,30,31);/q;+1/p-1. The Bertz CT molecular complexity index is 1000. The molecule has 2 heterocycles. The van der Waals surface area contributed by atoms with Crippen molar-refractivity contribution in [1.82, 2.24) is 19.9 Å². The average Bonchev–Trinajstić information content (AvgIpc) is 3.17. The predicted octanol–water partition coefficient (Wildman–Crippen LogP) is 0.0222. The summed E-state index contributed by atoms with van der Waals surface area (Å²) in [5.74, 6) is 0.281. The molecule has 1 aliphatic carbocycles. The van der Waals surface area contributed by atoms with Gasteiger partial charge in [-0.15, -0.1) is 0 Å². The Morgan fingerprint density at radius 3 is 2.47 bits per heavy atom. The van der Waals surface area contributed by atoms with E-state index in [1.54, 1.807) is 12.1 Å². The third-order valence-corrected chi connectivity index (χ3v) is 6.90. The van der Waals surface area contributed by atoms with E-state index in [1.165, 1.54) is 45.3 Å². The number of aromatic nitrogens is 3. The van der Waals surface area contributed by atoms with Crippen molar-refractivity contribution < 1.29 is 44.2 Å². The number of rotatable bonds is 10. The Morgan fingerprint density at radius 2 is 1.78 bits per heavy atom. The third-order valence-electron chi connectivity index (χ3n) is 6.90. The summed E-state index contributed by atoms with van der Waals surface area (Å²) in [6.07, 6.45) is 9.48. The smallest absolute Gasteiger partial charge is 0.545 e. The molecule has 1 unspecified atom stereocenters. The molecule has 2 aromatic rings. The van der Waals surface area contributed by atoms with Crippen LogP contribution in [0, 0.1) is 0 Å². The molecule has 1 saturated carbocycles. The SMILES string of the molecule is CCN1CCCC1CNc1nc(Nc2ccc(OC)c(C(=O)[O-])c2)nc(NC2CCCCCC2)n1.[Na+]. The molecule has 190 valence electrons. The van der Waals surface area contributed by atoms with Gasteiger partial charge in [-0.1, -0.05) is 32.6 Å². The van der Waals surface area contributed by atoms with E-state index >= 15 is 0 Å². The molecule has 2 fully saturated rings. The molecule has 0 radical (unpaired) electrons. The number of aromatic carboxylic acids is 1. The van der Waals surface area contributed by atoms with E-state index in [2.05, 4.69) is 42.7 Å². The summed E-state index contributed by atoms with van der Waals surface area (Å²) in [5.41, 5.74) is 0.484. The van der Waals surface area contributed by atoms with Crippen LogP contribution in [0.5, 0.6) is 5.75 Å². The molecule has 0 amide bonds. The maximum atomic E-state index is 11.5. The van der Waals surface area contributed by atoms with Gasteiger partial charge in [-0.25, -0.2) is 0 Å². The minimum atomic E-state index is -1.31. The second kappa shape index (κ2) is 14.0. The van der Waals surface area contributed by atoms with Crippen molar-refractivity contribution in [3.8, 4) is 5.75 Å². The van der Waals surface area contributed by atoms with E-state index in [9.17, 15) is 9.90 Å². The van der Waals surface area contributed by atoms with Gasteiger partial charge in [0, 0.05) is 29.9 Å². The van der Waals surface area contributed by atoms with Crippen LogP contribution in [-0.2, 0) is 0 Å². The molecule has 0 bridgehead atoms. The Hall–Kier alpha value is -2.14. The molecule has 1 aromatic heterocycles. The van der Waals surface area contributed by atoms with Crippen LogP contribution in [0.25, 0.3) is 0 Å². The number of carbonyl (C=O) groups excluding carboxylic acids is 1. The van der Waals surface area contributed by atoms with Crippen molar-refractivity contribution in [3.05, 3.63) is 23.8 Å². The average molecular weight is 506 g/mol. The van der Waals surface area contributed by atoms with Crippen LogP contribution < -0.4 is 55.4 Å². The number of hydrogen-bond acceptors (Lipinski definition) is 10. The van der Waals surface area contributed by atoms with Gasteiger partial charge in [-0.2, -0.15) is 15.0 Å². The zero-order valence-corrected chi connectivity index (χ0v) is 23.7. The number of likely N-dealkylation sites (N-methyl/N-ethyl adjacent to an activating group) is 1. The van der Waals surface area contributed by atoms with E-state index in [0.29, 0.717) is 35.6 Å². The number of nitrogens with one attached hydrogen (secondary N) is 3. The van der Waals surface area contributed by atoms with Gasteiger partial charge < -0.3 is 30.6 Å². The van der Waals surface area contributed by atoms with Crippen molar-refractivity contribution in [3.63, 3.8) is 0 Å². The summed E-state index contributed by atoms with van der Waals surface area (Å²) < 4.78 is 5.13. The van der Waals surface area contributed by atoms with Crippen LogP contribution in [-0.4, -0.2) is 64.6 Å². The second-order valence-corrected chi connectivity index (χ2v) is 9.27. The normalized spacial score (nSPS) is 18.7. The van der Waals surface area contributed by atoms with Crippen molar-refractivity contribution in [2.45, 2.75) is 70.4 Å². The number of carboxylic acids is 1. The van der Waals surface area contributed by atoms with E-state index in [1.807, 2.05) is 0 Å². The molecule has 10 nitrogen and oxygen atoms in total. The van der Waals surface area contributed by atoms with Crippen LogP contribution in [0.2, 0.25) is 0 Å². The van der Waals surface area contributed by atoms with Crippen LogP contribution in [0.4, 0.5) is 23.5 Å². The molecule has 1 aromatic carbocycles.